The molecular formula is C24H24ClF3NO6PS. The first-order valence-corrected chi connectivity index (χ1v) is 14.2. The first-order chi connectivity index (χ1) is 17.3. The third-order valence-electron chi connectivity index (χ3n) is 5.60. The molecule has 3 rings (SSSR count). The number of rotatable bonds is 10. The summed E-state index contributed by atoms with van der Waals surface area (Å²) in [5.41, 5.74) is 0.705. The summed E-state index contributed by atoms with van der Waals surface area (Å²) in [5.74, 6) is -1.77. The fraction of sp³-hybridized carbons (Fsp3) is 0.250. The minimum atomic E-state index is -4.60. The predicted octanol–water partition coefficient (Wildman–Crippen LogP) is 6.24. The van der Waals surface area contributed by atoms with Crippen LogP contribution in [0.25, 0.3) is 11.1 Å². The molecule has 0 radical (unpaired) electrons. The number of benzene rings is 3. The molecule has 0 fully saturated rings. The lowest BCUT2D eigenvalue weighted by Crippen LogP contribution is -2.31. The van der Waals surface area contributed by atoms with Crippen molar-refractivity contribution in [1.82, 2.24) is 4.72 Å². The number of hydrogen-bond donors (Lipinski definition) is 2. The van der Waals surface area contributed by atoms with E-state index >= 15 is 0 Å². The normalized spacial score (nSPS) is 14.4. The van der Waals surface area contributed by atoms with Gasteiger partial charge in [0.15, 0.2) is 5.85 Å². The van der Waals surface area contributed by atoms with E-state index in [0.29, 0.717) is 5.02 Å². The second-order valence-corrected chi connectivity index (χ2v) is 12.5. The summed E-state index contributed by atoms with van der Waals surface area (Å²) in [6, 6.07) is 15.3. The Morgan fingerprint density at radius 2 is 1.41 bits per heavy atom. The van der Waals surface area contributed by atoms with Gasteiger partial charge in [0.25, 0.3) is 0 Å². The molecule has 0 aromatic heterocycles. The van der Waals surface area contributed by atoms with E-state index in [0.717, 1.165) is 49.6 Å². The summed E-state index contributed by atoms with van der Waals surface area (Å²) in [6.45, 7) is 0. The van der Waals surface area contributed by atoms with Crippen molar-refractivity contribution in [2.45, 2.75) is 29.4 Å². The van der Waals surface area contributed by atoms with E-state index in [1.54, 1.807) is 36.4 Å². The molecule has 13 heteroatoms. The summed E-state index contributed by atoms with van der Waals surface area (Å²) in [6.07, 6.45) is -5.10. The van der Waals surface area contributed by atoms with Crippen molar-refractivity contribution in [2.75, 3.05) is 14.2 Å². The van der Waals surface area contributed by atoms with Gasteiger partial charge < -0.3 is 14.2 Å². The van der Waals surface area contributed by atoms with Crippen molar-refractivity contribution < 1.29 is 40.3 Å². The second-order valence-electron chi connectivity index (χ2n) is 7.95. The van der Waals surface area contributed by atoms with Gasteiger partial charge in [0.2, 0.25) is 10.0 Å². The molecule has 2 N–H and O–H groups in total. The molecular weight excluding hydrogens is 554 g/mol. The summed E-state index contributed by atoms with van der Waals surface area (Å²) < 4.78 is 90.0. The summed E-state index contributed by atoms with van der Waals surface area (Å²) in [7, 11) is -6.17. The zero-order valence-corrected chi connectivity index (χ0v) is 22.1. The molecule has 0 saturated heterocycles. The smallest absolute Gasteiger partial charge is 0.380 e. The average molecular weight is 578 g/mol. The molecule has 0 spiro atoms. The Labute approximate surface area is 217 Å². The van der Waals surface area contributed by atoms with Crippen molar-refractivity contribution in [3.8, 4) is 11.1 Å². The van der Waals surface area contributed by atoms with Gasteiger partial charge in [-0.3, -0.25) is 4.57 Å². The minimum Gasteiger partial charge on any atom is -0.380 e. The number of sulfonamides is 1. The number of aliphatic hydroxyl groups is 1. The van der Waals surface area contributed by atoms with Crippen LogP contribution in [0.1, 0.15) is 23.6 Å². The van der Waals surface area contributed by atoms with Crippen LogP contribution in [0.15, 0.2) is 77.7 Å². The zero-order valence-electron chi connectivity index (χ0n) is 19.6. The number of halogens is 4. The molecule has 0 amide bonds. The zero-order chi connectivity index (χ0) is 27.4. The Balaban J connectivity index is 1.92. The van der Waals surface area contributed by atoms with E-state index in [-0.39, 0.29) is 10.5 Å². The lowest BCUT2D eigenvalue weighted by molar-refractivity contribution is -0.137. The van der Waals surface area contributed by atoms with E-state index in [1.165, 1.54) is 12.1 Å². The topological polar surface area (TPSA) is 102 Å². The maximum Gasteiger partial charge on any atom is 0.416 e. The fourth-order valence-electron chi connectivity index (χ4n) is 3.54. The second kappa shape index (κ2) is 11.7. The Morgan fingerprint density at radius 3 is 1.86 bits per heavy atom. The number of alkyl halides is 3. The van der Waals surface area contributed by atoms with Crippen LogP contribution >= 0.6 is 19.2 Å². The van der Waals surface area contributed by atoms with E-state index in [1.807, 2.05) is 0 Å². The van der Waals surface area contributed by atoms with Gasteiger partial charge in [-0.15, -0.1) is 0 Å². The molecule has 0 aliphatic rings. The highest BCUT2D eigenvalue weighted by Gasteiger charge is 2.36. The quantitative estimate of drug-likeness (QED) is 0.277. The van der Waals surface area contributed by atoms with E-state index < -0.39 is 47.7 Å². The standard InChI is InChI=1S/C24H24ClF3NO6PS/c1-34-36(31,35-2)23(30)15-22(18-3-9-19(10-4-18)24(26,27)28)29-37(32,33)21-13-7-17(8-14-21)16-5-11-20(25)12-6-16/h3-14,22-23,29-30H,15H2,1-2H3. The maximum atomic E-state index is 13.2. The van der Waals surface area contributed by atoms with Crippen molar-refractivity contribution in [3.63, 3.8) is 0 Å². The summed E-state index contributed by atoms with van der Waals surface area (Å²) in [5, 5.41) is 11.0. The number of hydrogen-bond acceptors (Lipinski definition) is 6. The third-order valence-corrected chi connectivity index (χ3v) is 9.30. The van der Waals surface area contributed by atoms with Crippen LogP contribution in [-0.4, -0.2) is 33.6 Å². The Kier molecular flexibility index (Phi) is 9.23. The first kappa shape index (κ1) is 29.3. The lowest BCUT2D eigenvalue weighted by Gasteiger charge is -2.25. The Hall–Kier alpha value is -2.24. The lowest BCUT2D eigenvalue weighted by atomic mass is 10.0. The number of nitrogens with one attached hydrogen (secondary N) is 1. The van der Waals surface area contributed by atoms with Gasteiger partial charge in [-0.05, 0) is 53.1 Å². The molecule has 200 valence electrons. The largest absolute Gasteiger partial charge is 0.416 e. The molecule has 0 aliphatic heterocycles. The van der Waals surface area contributed by atoms with Crippen molar-refractivity contribution in [3.05, 3.63) is 88.9 Å². The third kappa shape index (κ3) is 7.20. The van der Waals surface area contributed by atoms with Gasteiger partial charge in [0.05, 0.1) is 16.5 Å². The summed E-state index contributed by atoms with van der Waals surface area (Å²) in [4.78, 5) is -0.127. The molecule has 2 unspecified atom stereocenters. The highest BCUT2D eigenvalue weighted by atomic mass is 35.5. The van der Waals surface area contributed by atoms with Gasteiger partial charge in [-0.1, -0.05) is 48.0 Å². The Morgan fingerprint density at radius 1 is 0.919 bits per heavy atom. The van der Waals surface area contributed by atoms with Crippen LogP contribution in [0.5, 0.6) is 0 Å². The van der Waals surface area contributed by atoms with Crippen LogP contribution < -0.4 is 4.72 Å². The van der Waals surface area contributed by atoms with Crippen molar-refractivity contribution >= 4 is 29.2 Å². The van der Waals surface area contributed by atoms with Gasteiger partial charge in [0, 0.05) is 25.7 Å². The van der Waals surface area contributed by atoms with E-state index in [2.05, 4.69) is 4.72 Å². The van der Waals surface area contributed by atoms with Crippen LogP contribution in [0.2, 0.25) is 5.02 Å². The Bertz CT molecular complexity index is 1340. The van der Waals surface area contributed by atoms with Crippen molar-refractivity contribution in [2.24, 2.45) is 0 Å². The van der Waals surface area contributed by atoms with Crippen LogP contribution in [0, 0.1) is 0 Å². The average Bonchev–Trinajstić information content (AvgIpc) is 2.87. The maximum absolute atomic E-state index is 13.2. The minimum absolute atomic E-state index is 0.104. The highest BCUT2D eigenvalue weighted by molar-refractivity contribution is 7.89. The molecule has 3 aromatic rings. The highest BCUT2D eigenvalue weighted by Crippen LogP contribution is 2.53. The molecule has 0 heterocycles. The molecule has 0 aliphatic carbocycles. The van der Waals surface area contributed by atoms with Gasteiger partial charge >= 0.3 is 13.8 Å². The molecule has 0 bridgehead atoms. The van der Waals surface area contributed by atoms with Gasteiger partial charge in [-0.25, -0.2) is 13.1 Å². The van der Waals surface area contributed by atoms with Gasteiger partial charge in [-0.2, -0.15) is 13.2 Å². The monoisotopic (exact) mass is 577 g/mol. The SMILES string of the molecule is COP(=O)(OC)C(O)CC(NS(=O)(=O)c1ccc(-c2ccc(Cl)cc2)cc1)c1ccc(C(F)(F)F)cc1. The van der Waals surface area contributed by atoms with Gasteiger partial charge in [0.1, 0.15) is 0 Å². The molecule has 37 heavy (non-hydrogen) atoms. The molecule has 2 atom stereocenters. The fourth-order valence-corrected chi connectivity index (χ4v) is 6.01. The molecule has 3 aromatic carbocycles. The van der Waals surface area contributed by atoms with Crippen LogP contribution in [0.3, 0.4) is 0 Å². The van der Waals surface area contributed by atoms with Crippen LogP contribution in [0.4, 0.5) is 13.2 Å². The van der Waals surface area contributed by atoms with Crippen LogP contribution in [-0.2, 0) is 29.8 Å². The summed E-state index contributed by atoms with van der Waals surface area (Å²) >= 11 is 5.90. The van der Waals surface area contributed by atoms with E-state index in [4.69, 9.17) is 20.6 Å². The number of aliphatic hydroxyl groups excluding tert-OH is 1. The molecule has 0 saturated carbocycles. The van der Waals surface area contributed by atoms with Crippen molar-refractivity contribution in [1.29, 1.82) is 0 Å². The van der Waals surface area contributed by atoms with E-state index in [9.17, 15) is 31.3 Å². The first-order valence-electron chi connectivity index (χ1n) is 10.7. The molecule has 7 nitrogen and oxygen atoms in total. The predicted molar refractivity (Wildman–Crippen MR) is 134 cm³/mol.